The van der Waals surface area contributed by atoms with Gasteiger partial charge in [0.15, 0.2) is 0 Å². The number of carbonyl (C=O) groups excluding carboxylic acids is 3. The molecule has 1 saturated heterocycles. The van der Waals surface area contributed by atoms with E-state index in [0.29, 0.717) is 4.86 Å². The first-order valence-corrected chi connectivity index (χ1v) is 8.89. The summed E-state index contributed by atoms with van der Waals surface area (Å²) in [5, 5.41) is 2.35. The molecule has 4 amide bonds. The smallest absolute Gasteiger partial charge is 0.273 e. The van der Waals surface area contributed by atoms with Gasteiger partial charge in [-0.15, -0.1) is 0 Å². The number of amides is 4. The summed E-state index contributed by atoms with van der Waals surface area (Å²) >= 11 is 0. The number of hydrogen-bond donors (Lipinski definition) is 1. The molecule has 2 fully saturated rings. The Kier molecular flexibility index (Phi) is 4.96. The Labute approximate surface area is 122 Å². The van der Waals surface area contributed by atoms with E-state index >= 15 is 0 Å². The molecular formula is C14H22N2O3S. The van der Waals surface area contributed by atoms with Crippen LogP contribution in [0.25, 0.3) is 0 Å². The van der Waals surface area contributed by atoms with Crippen molar-refractivity contribution >= 4 is 33.2 Å². The second-order valence-corrected chi connectivity index (χ2v) is 7.67. The SMILES string of the molecule is CCS(CC)=C1C(=O)NC(=O)N(C2CCCCC2)C1=O. The maximum absolute atomic E-state index is 12.6. The first-order chi connectivity index (χ1) is 9.60. The van der Waals surface area contributed by atoms with Gasteiger partial charge in [-0.2, -0.15) is 10.5 Å². The Morgan fingerprint density at radius 1 is 1.10 bits per heavy atom. The van der Waals surface area contributed by atoms with Gasteiger partial charge in [0.25, 0.3) is 11.8 Å². The van der Waals surface area contributed by atoms with Crippen LogP contribution in [-0.2, 0) is 9.59 Å². The second-order valence-electron chi connectivity index (χ2n) is 5.13. The fourth-order valence-corrected chi connectivity index (χ4v) is 4.58. The highest BCUT2D eigenvalue weighted by Crippen LogP contribution is 2.26. The van der Waals surface area contributed by atoms with E-state index in [1.165, 1.54) is 4.90 Å². The minimum atomic E-state index is -0.536. The van der Waals surface area contributed by atoms with E-state index in [-0.39, 0.29) is 22.4 Å². The van der Waals surface area contributed by atoms with Crippen LogP contribution in [-0.4, -0.2) is 45.2 Å². The summed E-state index contributed by atoms with van der Waals surface area (Å²) in [4.78, 5) is 38.2. The zero-order chi connectivity index (χ0) is 14.7. The molecule has 0 aromatic heterocycles. The van der Waals surface area contributed by atoms with Crippen LogP contribution in [0.1, 0.15) is 46.0 Å². The number of imide groups is 2. The van der Waals surface area contributed by atoms with Crippen molar-refractivity contribution in [1.29, 1.82) is 0 Å². The molecule has 0 radical (unpaired) electrons. The Hall–Kier alpha value is -1.17. The van der Waals surface area contributed by atoms with Crippen LogP contribution in [0.5, 0.6) is 0 Å². The molecule has 1 aliphatic carbocycles. The predicted molar refractivity (Wildman–Crippen MR) is 80.9 cm³/mol. The molecule has 0 bridgehead atoms. The van der Waals surface area contributed by atoms with E-state index in [1.54, 1.807) is 0 Å². The summed E-state index contributed by atoms with van der Waals surface area (Å²) in [5.74, 6) is 0.687. The Balaban J connectivity index is 2.33. The fourth-order valence-electron chi connectivity index (χ4n) is 2.93. The van der Waals surface area contributed by atoms with Crippen molar-refractivity contribution < 1.29 is 14.4 Å². The molecule has 112 valence electrons. The van der Waals surface area contributed by atoms with E-state index in [1.807, 2.05) is 13.8 Å². The van der Waals surface area contributed by atoms with Crippen molar-refractivity contribution in [2.24, 2.45) is 0 Å². The van der Waals surface area contributed by atoms with E-state index in [2.05, 4.69) is 5.32 Å². The number of urea groups is 1. The van der Waals surface area contributed by atoms with Crippen molar-refractivity contribution in [3.8, 4) is 0 Å². The molecule has 6 heteroatoms. The zero-order valence-corrected chi connectivity index (χ0v) is 12.9. The van der Waals surface area contributed by atoms with Crippen molar-refractivity contribution in [2.45, 2.75) is 52.0 Å². The molecule has 5 nitrogen and oxygen atoms in total. The molecule has 2 rings (SSSR count). The highest BCUT2D eigenvalue weighted by molar-refractivity contribution is 8.17. The molecule has 1 saturated carbocycles. The minimum Gasteiger partial charge on any atom is -0.273 e. The summed E-state index contributed by atoms with van der Waals surface area (Å²) in [6.07, 6.45) is 4.94. The molecule has 1 heterocycles. The van der Waals surface area contributed by atoms with Gasteiger partial charge in [0.05, 0.1) is 0 Å². The van der Waals surface area contributed by atoms with Gasteiger partial charge in [-0.3, -0.25) is 19.8 Å². The van der Waals surface area contributed by atoms with E-state index in [9.17, 15) is 14.4 Å². The average Bonchev–Trinajstić information content (AvgIpc) is 2.44. The van der Waals surface area contributed by atoms with Gasteiger partial charge in [0, 0.05) is 6.04 Å². The topological polar surface area (TPSA) is 66.5 Å². The van der Waals surface area contributed by atoms with Gasteiger partial charge in [0.2, 0.25) is 0 Å². The maximum atomic E-state index is 12.6. The third kappa shape index (κ3) is 2.80. The van der Waals surface area contributed by atoms with Crippen molar-refractivity contribution in [1.82, 2.24) is 10.2 Å². The standard InChI is InChI=1S/C14H22N2O3S/c1-3-20(4-2)11-12(17)15-14(19)16(13(11)18)10-8-6-5-7-9-10/h10H,3-9H2,1-2H3,(H,15,17,19). The summed E-state index contributed by atoms with van der Waals surface area (Å²) in [6.45, 7) is 3.95. The number of nitrogens with one attached hydrogen (secondary N) is 1. The Morgan fingerprint density at radius 3 is 2.25 bits per heavy atom. The number of rotatable bonds is 3. The summed E-state index contributed by atoms with van der Waals surface area (Å²) < 4.78 is 0. The lowest BCUT2D eigenvalue weighted by Crippen LogP contribution is -2.61. The van der Waals surface area contributed by atoms with Crippen LogP contribution in [0.4, 0.5) is 4.79 Å². The molecule has 0 unspecified atom stereocenters. The first-order valence-electron chi connectivity index (χ1n) is 7.33. The van der Waals surface area contributed by atoms with Gasteiger partial charge >= 0.3 is 6.03 Å². The van der Waals surface area contributed by atoms with Crippen molar-refractivity contribution in [2.75, 3.05) is 11.5 Å². The molecule has 0 spiro atoms. The van der Waals surface area contributed by atoms with Gasteiger partial charge in [-0.25, -0.2) is 4.79 Å². The van der Waals surface area contributed by atoms with Crippen LogP contribution in [0.15, 0.2) is 0 Å². The normalized spacial score (nSPS) is 21.6. The Morgan fingerprint density at radius 2 is 1.70 bits per heavy atom. The van der Waals surface area contributed by atoms with E-state index in [0.717, 1.165) is 43.6 Å². The van der Waals surface area contributed by atoms with Gasteiger partial charge in [-0.1, -0.05) is 33.1 Å². The van der Waals surface area contributed by atoms with Crippen LogP contribution >= 0.6 is 10.5 Å². The Bertz CT molecular complexity index is 461. The second kappa shape index (κ2) is 6.52. The summed E-state index contributed by atoms with van der Waals surface area (Å²) in [6, 6.07) is -0.579. The fraction of sp³-hybridized carbons (Fsp3) is 0.714. The number of carbonyl (C=O) groups is 3. The average molecular weight is 298 g/mol. The van der Waals surface area contributed by atoms with Gasteiger partial charge < -0.3 is 0 Å². The summed E-state index contributed by atoms with van der Waals surface area (Å²) in [5.41, 5.74) is 0. The molecule has 0 aromatic rings. The van der Waals surface area contributed by atoms with Gasteiger partial charge in [-0.05, 0) is 24.3 Å². The highest BCUT2D eigenvalue weighted by Gasteiger charge is 2.41. The third-order valence-electron chi connectivity index (χ3n) is 3.98. The van der Waals surface area contributed by atoms with Crippen molar-refractivity contribution in [3.05, 3.63) is 0 Å². The van der Waals surface area contributed by atoms with Crippen LogP contribution in [0, 0.1) is 0 Å². The lowest BCUT2D eigenvalue weighted by Gasteiger charge is -2.36. The predicted octanol–water partition coefficient (Wildman–Crippen LogP) is 1.88. The van der Waals surface area contributed by atoms with Crippen molar-refractivity contribution in [3.63, 3.8) is 0 Å². The zero-order valence-electron chi connectivity index (χ0n) is 12.1. The first kappa shape index (κ1) is 15.2. The molecule has 0 aromatic carbocycles. The van der Waals surface area contributed by atoms with Crippen LogP contribution < -0.4 is 5.32 Å². The molecule has 20 heavy (non-hydrogen) atoms. The number of hydrogen-bond acceptors (Lipinski definition) is 3. The van der Waals surface area contributed by atoms with Crippen LogP contribution in [0.3, 0.4) is 0 Å². The van der Waals surface area contributed by atoms with Gasteiger partial charge in [0.1, 0.15) is 4.86 Å². The monoisotopic (exact) mass is 298 g/mol. The minimum absolute atomic E-state index is 0.0430. The quantitative estimate of drug-likeness (QED) is 0.809. The highest BCUT2D eigenvalue weighted by atomic mass is 32.2. The third-order valence-corrected chi connectivity index (χ3v) is 6.32. The lowest BCUT2D eigenvalue weighted by atomic mass is 9.94. The lowest BCUT2D eigenvalue weighted by molar-refractivity contribution is -0.126. The molecular weight excluding hydrogens is 276 g/mol. The number of barbiturate groups is 1. The van der Waals surface area contributed by atoms with Crippen LogP contribution in [0.2, 0.25) is 0 Å². The largest absolute Gasteiger partial charge is 0.331 e. The van der Waals surface area contributed by atoms with E-state index in [4.69, 9.17) is 0 Å². The molecule has 0 atom stereocenters. The number of nitrogens with zero attached hydrogens (tertiary/aromatic N) is 1. The summed E-state index contributed by atoms with van der Waals surface area (Å²) in [7, 11) is -0.364. The molecule has 1 N–H and O–H groups in total. The molecule has 1 aliphatic heterocycles. The van der Waals surface area contributed by atoms with E-state index < -0.39 is 11.9 Å². The molecule has 2 aliphatic rings. The maximum Gasteiger partial charge on any atom is 0.331 e.